The Morgan fingerprint density at radius 1 is 1.33 bits per heavy atom. The zero-order valence-electron chi connectivity index (χ0n) is 9.71. The molecule has 1 aromatic carbocycles. The van der Waals surface area contributed by atoms with Crippen LogP contribution in [0.4, 0.5) is 4.39 Å². The quantitative estimate of drug-likeness (QED) is 0.833. The van der Waals surface area contributed by atoms with E-state index in [4.69, 9.17) is 15.4 Å². The third kappa shape index (κ3) is 3.12. The highest BCUT2D eigenvalue weighted by molar-refractivity contribution is 5.19. The molecule has 0 saturated heterocycles. The van der Waals surface area contributed by atoms with Crippen LogP contribution in [0.25, 0.3) is 0 Å². The maximum absolute atomic E-state index is 12.7. The SMILES string of the molecule is NC(CCO)c1nc(Cc2ccc(F)cc2)no1. The molecule has 1 atom stereocenters. The van der Waals surface area contributed by atoms with Crippen LogP contribution >= 0.6 is 0 Å². The van der Waals surface area contributed by atoms with Gasteiger partial charge < -0.3 is 15.4 Å². The Kier molecular flexibility index (Phi) is 4.01. The summed E-state index contributed by atoms with van der Waals surface area (Å²) in [4.78, 5) is 4.14. The van der Waals surface area contributed by atoms with Crippen LogP contribution in [0, 0.1) is 5.82 Å². The molecule has 1 aromatic heterocycles. The van der Waals surface area contributed by atoms with Crippen LogP contribution in [0.3, 0.4) is 0 Å². The van der Waals surface area contributed by atoms with E-state index in [0.717, 1.165) is 5.56 Å². The molecule has 0 bridgehead atoms. The number of benzene rings is 1. The second kappa shape index (κ2) is 5.70. The standard InChI is InChI=1S/C12H14FN3O2/c13-9-3-1-8(2-4-9)7-11-15-12(18-16-11)10(14)5-6-17/h1-4,10,17H,5-7,14H2. The van der Waals surface area contributed by atoms with Gasteiger partial charge in [0.1, 0.15) is 5.82 Å². The highest BCUT2D eigenvalue weighted by Crippen LogP contribution is 2.13. The third-order valence-electron chi connectivity index (χ3n) is 2.52. The smallest absolute Gasteiger partial charge is 0.243 e. The summed E-state index contributed by atoms with van der Waals surface area (Å²) in [7, 11) is 0. The summed E-state index contributed by atoms with van der Waals surface area (Å²) in [5, 5.41) is 12.6. The lowest BCUT2D eigenvalue weighted by atomic mass is 10.1. The van der Waals surface area contributed by atoms with Gasteiger partial charge in [-0.05, 0) is 24.1 Å². The summed E-state index contributed by atoms with van der Waals surface area (Å²) >= 11 is 0. The molecule has 0 saturated carbocycles. The Morgan fingerprint density at radius 3 is 2.72 bits per heavy atom. The van der Waals surface area contributed by atoms with E-state index in [-0.39, 0.29) is 12.4 Å². The Labute approximate surface area is 103 Å². The molecule has 0 aliphatic carbocycles. The molecule has 1 unspecified atom stereocenters. The number of hydrogen-bond donors (Lipinski definition) is 2. The van der Waals surface area contributed by atoms with Gasteiger partial charge in [-0.1, -0.05) is 17.3 Å². The largest absolute Gasteiger partial charge is 0.396 e. The zero-order valence-corrected chi connectivity index (χ0v) is 9.71. The molecular weight excluding hydrogens is 237 g/mol. The molecular formula is C12H14FN3O2. The van der Waals surface area contributed by atoms with Crippen molar-refractivity contribution >= 4 is 0 Å². The minimum atomic E-state index is -0.454. The van der Waals surface area contributed by atoms with Crippen LogP contribution < -0.4 is 5.73 Å². The minimum Gasteiger partial charge on any atom is -0.396 e. The van der Waals surface area contributed by atoms with Crippen LogP contribution in [-0.4, -0.2) is 21.9 Å². The van der Waals surface area contributed by atoms with Crippen molar-refractivity contribution in [1.29, 1.82) is 0 Å². The summed E-state index contributed by atoms with van der Waals surface area (Å²) in [6.45, 7) is -0.0309. The van der Waals surface area contributed by atoms with E-state index in [1.807, 2.05) is 0 Å². The van der Waals surface area contributed by atoms with Gasteiger partial charge in [0.15, 0.2) is 5.82 Å². The number of hydrogen-bond acceptors (Lipinski definition) is 5. The highest BCUT2D eigenvalue weighted by atomic mass is 19.1. The first kappa shape index (κ1) is 12.7. The number of rotatable bonds is 5. The number of aliphatic hydroxyl groups excluding tert-OH is 1. The van der Waals surface area contributed by atoms with Crippen molar-refractivity contribution < 1.29 is 14.0 Å². The molecule has 0 aliphatic heterocycles. The molecule has 2 rings (SSSR count). The van der Waals surface area contributed by atoms with E-state index in [1.54, 1.807) is 12.1 Å². The molecule has 0 spiro atoms. The topological polar surface area (TPSA) is 85.2 Å². The second-order valence-electron chi connectivity index (χ2n) is 3.97. The Balaban J connectivity index is 2.04. The number of aliphatic hydroxyl groups is 1. The zero-order chi connectivity index (χ0) is 13.0. The Bertz CT molecular complexity index is 498. The maximum atomic E-state index is 12.7. The van der Waals surface area contributed by atoms with Crippen LogP contribution in [0.5, 0.6) is 0 Å². The van der Waals surface area contributed by atoms with Gasteiger partial charge in [0, 0.05) is 13.0 Å². The van der Waals surface area contributed by atoms with Crippen LogP contribution in [-0.2, 0) is 6.42 Å². The van der Waals surface area contributed by atoms with Crippen LogP contribution in [0.15, 0.2) is 28.8 Å². The Morgan fingerprint density at radius 2 is 2.06 bits per heavy atom. The fourth-order valence-corrected chi connectivity index (χ4v) is 1.54. The number of nitrogens with two attached hydrogens (primary N) is 1. The Hall–Kier alpha value is -1.79. The summed E-state index contributed by atoms with van der Waals surface area (Å²) in [5.41, 5.74) is 6.61. The monoisotopic (exact) mass is 251 g/mol. The maximum Gasteiger partial charge on any atom is 0.243 e. The van der Waals surface area contributed by atoms with Gasteiger partial charge in [0.25, 0.3) is 0 Å². The minimum absolute atomic E-state index is 0.0309. The number of halogens is 1. The predicted octanol–water partition coefficient (Wildman–Crippen LogP) is 1.18. The fraction of sp³-hybridized carbons (Fsp3) is 0.333. The van der Waals surface area contributed by atoms with E-state index in [9.17, 15) is 4.39 Å². The second-order valence-corrected chi connectivity index (χ2v) is 3.97. The van der Waals surface area contributed by atoms with E-state index in [1.165, 1.54) is 12.1 Å². The average molecular weight is 251 g/mol. The van der Waals surface area contributed by atoms with Gasteiger partial charge in [-0.2, -0.15) is 4.98 Å². The van der Waals surface area contributed by atoms with E-state index >= 15 is 0 Å². The molecule has 18 heavy (non-hydrogen) atoms. The molecule has 2 aromatic rings. The molecule has 0 aliphatic rings. The van der Waals surface area contributed by atoms with Crippen molar-refractivity contribution in [1.82, 2.24) is 10.1 Å². The summed E-state index contributed by atoms with van der Waals surface area (Å²) in [6.07, 6.45) is 0.827. The van der Waals surface area contributed by atoms with Gasteiger partial charge in [0.05, 0.1) is 6.04 Å². The lowest BCUT2D eigenvalue weighted by Gasteiger charge is -2.01. The van der Waals surface area contributed by atoms with Gasteiger partial charge in [0.2, 0.25) is 5.89 Å². The van der Waals surface area contributed by atoms with Crippen molar-refractivity contribution in [3.63, 3.8) is 0 Å². The first-order valence-corrected chi connectivity index (χ1v) is 5.62. The van der Waals surface area contributed by atoms with Crippen molar-refractivity contribution in [2.24, 2.45) is 5.73 Å². The molecule has 5 nitrogen and oxygen atoms in total. The normalized spacial score (nSPS) is 12.6. The number of nitrogens with zero attached hydrogens (tertiary/aromatic N) is 2. The molecule has 6 heteroatoms. The van der Waals surface area contributed by atoms with Crippen LogP contribution in [0.2, 0.25) is 0 Å². The van der Waals surface area contributed by atoms with Crippen LogP contribution in [0.1, 0.15) is 29.7 Å². The summed E-state index contributed by atoms with van der Waals surface area (Å²) < 4.78 is 17.7. The third-order valence-corrected chi connectivity index (χ3v) is 2.52. The molecule has 1 heterocycles. The van der Waals surface area contributed by atoms with Crippen molar-refractivity contribution in [3.05, 3.63) is 47.4 Å². The van der Waals surface area contributed by atoms with E-state index < -0.39 is 6.04 Å². The number of aromatic nitrogens is 2. The first-order chi connectivity index (χ1) is 8.69. The van der Waals surface area contributed by atoms with E-state index in [0.29, 0.717) is 24.6 Å². The lowest BCUT2D eigenvalue weighted by Crippen LogP contribution is -2.12. The molecule has 96 valence electrons. The molecule has 0 amide bonds. The molecule has 0 fully saturated rings. The van der Waals surface area contributed by atoms with E-state index in [2.05, 4.69) is 10.1 Å². The van der Waals surface area contributed by atoms with Gasteiger partial charge >= 0.3 is 0 Å². The van der Waals surface area contributed by atoms with Crippen molar-refractivity contribution in [2.45, 2.75) is 18.9 Å². The van der Waals surface area contributed by atoms with Gasteiger partial charge in [-0.3, -0.25) is 0 Å². The molecule has 0 radical (unpaired) electrons. The highest BCUT2D eigenvalue weighted by Gasteiger charge is 2.14. The average Bonchev–Trinajstić information content (AvgIpc) is 2.81. The molecule has 3 N–H and O–H groups in total. The van der Waals surface area contributed by atoms with Crippen molar-refractivity contribution in [2.75, 3.05) is 6.61 Å². The summed E-state index contributed by atoms with van der Waals surface area (Å²) in [6, 6.07) is 5.64. The van der Waals surface area contributed by atoms with Gasteiger partial charge in [-0.15, -0.1) is 0 Å². The lowest BCUT2D eigenvalue weighted by molar-refractivity contribution is 0.259. The summed E-state index contributed by atoms with van der Waals surface area (Å²) in [5.74, 6) is 0.517. The first-order valence-electron chi connectivity index (χ1n) is 5.62. The predicted molar refractivity (Wildman–Crippen MR) is 62.1 cm³/mol. The van der Waals surface area contributed by atoms with Crippen molar-refractivity contribution in [3.8, 4) is 0 Å². The fourth-order valence-electron chi connectivity index (χ4n) is 1.54. The van der Waals surface area contributed by atoms with Gasteiger partial charge in [-0.25, -0.2) is 4.39 Å².